The van der Waals surface area contributed by atoms with E-state index in [1.807, 2.05) is 65.2 Å². The Morgan fingerprint density at radius 3 is 1.81 bits per heavy atom. The largest absolute Gasteiger partial charge is 0.336 e. The molecule has 2 aromatic rings. The van der Waals surface area contributed by atoms with Crippen LogP contribution in [-0.4, -0.2) is 24.7 Å². The van der Waals surface area contributed by atoms with Crippen molar-refractivity contribution in [2.45, 2.75) is 44.9 Å². The summed E-state index contributed by atoms with van der Waals surface area (Å²) in [4.78, 5) is 28.3. The van der Waals surface area contributed by atoms with Gasteiger partial charge in [0, 0.05) is 0 Å². The smallest absolute Gasteiger partial charge is 0.324 e. The van der Waals surface area contributed by atoms with Crippen LogP contribution >= 0.6 is 0 Å². The minimum Gasteiger partial charge on any atom is -0.336 e. The van der Waals surface area contributed by atoms with E-state index in [0.29, 0.717) is 5.69 Å². The molecule has 1 aliphatic heterocycles. The van der Waals surface area contributed by atoms with E-state index in [9.17, 15) is 9.59 Å². The highest BCUT2D eigenvalue weighted by Gasteiger charge is 2.54. The molecule has 3 amide bonds. The summed E-state index contributed by atoms with van der Waals surface area (Å²) >= 11 is 0. The lowest BCUT2D eigenvalue weighted by atomic mass is 10.1. The number of hydrogen-bond acceptors (Lipinski definition) is 2. The van der Waals surface area contributed by atoms with E-state index in [-0.39, 0.29) is 11.9 Å². The fourth-order valence-electron chi connectivity index (χ4n) is 4.02. The van der Waals surface area contributed by atoms with Crippen LogP contribution in [0.1, 0.15) is 32.4 Å². The van der Waals surface area contributed by atoms with E-state index in [4.69, 9.17) is 0 Å². The summed E-state index contributed by atoms with van der Waals surface area (Å²) < 4.78 is 1.97. The van der Waals surface area contributed by atoms with Gasteiger partial charge in [-0.1, -0.05) is 69.3 Å². The number of benzene rings is 2. The average Bonchev–Trinajstić information content (AvgIpc) is 2.96. The van der Waals surface area contributed by atoms with Crippen LogP contribution in [-0.2, 0) is 4.79 Å². The van der Waals surface area contributed by atoms with Crippen molar-refractivity contribution in [1.29, 1.82) is 0 Å². The van der Waals surface area contributed by atoms with Crippen molar-refractivity contribution in [1.82, 2.24) is 4.57 Å². The first-order valence-corrected chi connectivity index (χ1v) is 11.9. The number of rotatable bonds is 6. The molecule has 136 valence electrons. The zero-order valence-electron chi connectivity index (χ0n) is 15.7. The third kappa shape index (κ3) is 2.86. The molecule has 0 aromatic heterocycles. The molecular formula is C21H26N2O2Si. The van der Waals surface area contributed by atoms with Crippen LogP contribution in [0.25, 0.3) is 0 Å². The summed E-state index contributed by atoms with van der Waals surface area (Å²) in [6, 6.07) is 21.2. The van der Waals surface area contributed by atoms with Gasteiger partial charge in [-0.3, -0.25) is 4.79 Å². The van der Waals surface area contributed by atoms with Gasteiger partial charge in [0.15, 0.2) is 8.24 Å². The number of amides is 3. The van der Waals surface area contributed by atoms with Crippen LogP contribution in [0.3, 0.4) is 0 Å². The van der Waals surface area contributed by atoms with Crippen molar-refractivity contribution in [3.05, 3.63) is 66.2 Å². The fourth-order valence-corrected chi connectivity index (χ4v) is 7.86. The van der Waals surface area contributed by atoms with E-state index in [2.05, 4.69) is 20.8 Å². The van der Waals surface area contributed by atoms with Crippen molar-refractivity contribution < 1.29 is 9.59 Å². The molecule has 1 unspecified atom stereocenters. The summed E-state index contributed by atoms with van der Waals surface area (Å²) in [6.07, 6.45) is 0. The van der Waals surface area contributed by atoms with Crippen molar-refractivity contribution >= 4 is 25.9 Å². The van der Waals surface area contributed by atoms with Crippen molar-refractivity contribution in [3.63, 3.8) is 0 Å². The van der Waals surface area contributed by atoms with Crippen LogP contribution in [0.5, 0.6) is 0 Å². The van der Waals surface area contributed by atoms with Gasteiger partial charge in [-0.2, -0.15) is 0 Å². The maximum atomic E-state index is 13.5. The zero-order chi connectivity index (χ0) is 18.7. The molecule has 26 heavy (non-hydrogen) atoms. The first-order valence-electron chi connectivity index (χ1n) is 9.37. The lowest BCUT2D eigenvalue weighted by Crippen LogP contribution is -2.54. The van der Waals surface area contributed by atoms with Crippen LogP contribution in [0.2, 0.25) is 18.1 Å². The third-order valence-corrected chi connectivity index (χ3v) is 11.1. The van der Waals surface area contributed by atoms with Gasteiger partial charge in [-0.25, -0.2) is 9.69 Å². The number of nitrogens with zero attached hydrogens (tertiary/aromatic N) is 2. The molecule has 1 atom stereocenters. The molecule has 2 aromatic carbocycles. The van der Waals surface area contributed by atoms with Gasteiger partial charge in [-0.05, 0) is 35.8 Å². The monoisotopic (exact) mass is 366 g/mol. The lowest BCUT2D eigenvalue weighted by Gasteiger charge is -2.40. The molecule has 1 aliphatic rings. The standard InChI is InChI=1S/C21H26N2O2Si/c1-4-26(5-2,6-3)23-19(17-13-9-7-10-14-17)20(24)22(21(23)25)18-15-11-8-12-16-18/h7-16,19H,4-6H2,1-3H3. The number of para-hydroxylation sites is 1. The van der Waals surface area contributed by atoms with E-state index < -0.39 is 14.3 Å². The number of carbonyl (C=O) groups is 2. The van der Waals surface area contributed by atoms with Gasteiger partial charge in [0.25, 0.3) is 5.91 Å². The highest BCUT2D eigenvalue weighted by atomic mass is 28.3. The second kappa shape index (κ2) is 7.46. The molecule has 0 N–H and O–H groups in total. The van der Waals surface area contributed by atoms with Crippen molar-refractivity contribution in [2.24, 2.45) is 0 Å². The number of urea groups is 1. The molecule has 0 spiro atoms. The maximum Gasteiger partial charge on any atom is 0.324 e. The minimum absolute atomic E-state index is 0.139. The third-order valence-electron chi connectivity index (χ3n) is 5.72. The molecule has 0 bridgehead atoms. The molecule has 5 heteroatoms. The number of imide groups is 1. The molecule has 1 saturated heterocycles. The van der Waals surface area contributed by atoms with Gasteiger partial charge in [0.2, 0.25) is 0 Å². The number of hydrogen-bond donors (Lipinski definition) is 0. The zero-order valence-corrected chi connectivity index (χ0v) is 16.7. The van der Waals surface area contributed by atoms with E-state index in [1.165, 1.54) is 4.90 Å². The normalized spacial score (nSPS) is 17.9. The SMILES string of the molecule is CC[Si](CC)(CC)N1C(=O)N(c2ccccc2)C(=O)C1c1ccccc1. The summed E-state index contributed by atoms with van der Waals surface area (Å²) in [7, 11) is -2.09. The van der Waals surface area contributed by atoms with Crippen molar-refractivity contribution in [3.8, 4) is 0 Å². The Labute approximate surface area is 156 Å². The molecule has 0 saturated carbocycles. The quantitative estimate of drug-likeness (QED) is 0.521. The molecule has 1 heterocycles. The number of carbonyl (C=O) groups excluding carboxylic acids is 2. The summed E-state index contributed by atoms with van der Waals surface area (Å²) in [5, 5.41) is 0. The maximum absolute atomic E-state index is 13.5. The molecular weight excluding hydrogens is 340 g/mol. The van der Waals surface area contributed by atoms with Gasteiger partial charge in [0.05, 0.1) is 5.69 Å². The first kappa shape index (κ1) is 18.4. The Balaban J connectivity index is 2.15. The second-order valence-corrected chi connectivity index (χ2v) is 11.8. The van der Waals surface area contributed by atoms with E-state index >= 15 is 0 Å². The molecule has 4 nitrogen and oxygen atoms in total. The average molecular weight is 367 g/mol. The van der Waals surface area contributed by atoms with E-state index in [0.717, 1.165) is 23.7 Å². The van der Waals surface area contributed by atoms with Gasteiger partial charge in [-0.15, -0.1) is 0 Å². The van der Waals surface area contributed by atoms with Gasteiger partial charge in [0.1, 0.15) is 6.04 Å². The molecule has 0 radical (unpaired) electrons. The molecule has 1 fully saturated rings. The Bertz CT molecular complexity index is 767. The van der Waals surface area contributed by atoms with Crippen LogP contribution in [0, 0.1) is 0 Å². The Kier molecular flexibility index (Phi) is 5.27. The van der Waals surface area contributed by atoms with Gasteiger partial charge < -0.3 is 4.57 Å². The molecule has 0 aliphatic carbocycles. The van der Waals surface area contributed by atoms with Crippen LogP contribution < -0.4 is 4.90 Å². The summed E-state index contributed by atoms with van der Waals surface area (Å²) in [5.41, 5.74) is 1.55. The van der Waals surface area contributed by atoms with E-state index in [1.54, 1.807) is 0 Å². The van der Waals surface area contributed by atoms with Crippen molar-refractivity contribution in [2.75, 3.05) is 4.90 Å². The predicted octanol–water partition coefficient (Wildman–Crippen LogP) is 5.20. The Morgan fingerprint density at radius 2 is 1.31 bits per heavy atom. The van der Waals surface area contributed by atoms with Crippen LogP contribution in [0.4, 0.5) is 10.5 Å². The Morgan fingerprint density at radius 1 is 0.808 bits per heavy atom. The second-order valence-electron chi connectivity index (χ2n) is 6.76. The first-order chi connectivity index (χ1) is 12.6. The van der Waals surface area contributed by atoms with Gasteiger partial charge >= 0.3 is 6.03 Å². The van der Waals surface area contributed by atoms with Crippen LogP contribution in [0.15, 0.2) is 60.7 Å². The lowest BCUT2D eigenvalue weighted by molar-refractivity contribution is -0.119. The summed E-state index contributed by atoms with van der Waals surface area (Å²) in [5.74, 6) is -0.139. The fraction of sp³-hybridized carbons (Fsp3) is 0.333. The highest BCUT2D eigenvalue weighted by molar-refractivity contribution is 6.80. The number of anilines is 1. The minimum atomic E-state index is -2.09. The highest BCUT2D eigenvalue weighted by Crippen LogP contribution is 2.41. The predicted molar refractivity (Wildman–Crippen MR) is 108 cm³/mol. The molecule has 3 rings (SSSR count). The topological polar surface area (TPSA) is 40.6 Å². The summed E-state index contributed by atoms with van der Waals surface area (Å²) in [6.45, 7) is 6.47. The Hall–Kier alpha value is -2.40.